The monoisotopic (exact) mass is 323 g/mol. The van der Waals surface area contributed by atoms with Crippen LogP contribution in [0.2, 0.25) is 0 Å². The normalized spacial score (nSPS) is 21.2. The van der Waals surface area contributed by atoms with Crippen molar-refractivity contribution in [3.8, 4) is 5.88 Å². The van der Waals surface area contributed by atoms with E-state index in [2.05, 4.69) is 34.7 Å². The van der Waals surface area contributed by atoms with E-state index in [4.69, 9.17) is 4.74 Å². The van der Waals surface area contributed by atoms with Gasteiger partial charge in [0.05, 0.1) is 12.1 Å². The van der Waals surface area contributed by atoms with E-state index >= 15 is 0 Å². The van der Waals surface area contributed by atoms with Crippen molar-refractivity contribution < 1.29 is 4.74 Å². The lowest BCUT2D eigenvalue weighted by atomic mass is 9.89. The molecule has 3 aromatic rings. The van der Waals surface area contributed by atoms with Gasteiger partial charge in [-0.3, -0.25) is 14.3 Å². The van der Waals surface area contributed by atoms with Crippen molar-refractivity contribution in [2.45, 2.75) is 31.9 Å². The largest absolute Gasteiger partial charge is 0.472 e. The number of H-pyrrole nitrogens is 1. The molecule has 24 heavy (non-hydrogen) atoms. The van der Waals surface area contributed by atoms with Gasteiger partial charge in [0.15, 0.2) is 0 Å². The number of aromatic amines is 1. The van der Waals surface area contributed by atoms with Gasteiger partial charge in [-0.1, -0.05) is 18.2 Å². The lowest BCUT2D eigenvalue weighted by molar-refractivity contribution is 0.139. The van der Waals surface area contributed by atoms with Gasteiger partial charge >= 0.3 is 5.69 Å². The standard InChI is InChI=1S/C18H17N3O3/c1-9-10-5-3-4-6-13(10)21-8-14-11(15(9)21)7-12-16(22)19-18(23)20(2)17(12)24-14/h3-6,11,14H,7-8H2,1-2H3,(H,19,22,23)/t11-,14-/m0/s1. The second-order valence-corrected chi connectivity index (χ2v) is 6.71. The number of nitrogens with zero attached hydrogens (tertiary/aromatic N) is 2. The number of ether oxygens (including phenoxy) is 1. The van der Waals surface area contributed by atoms with Gasteiger partial charge in [-0.15, -0.1) is 0 Å². The van der Waals surface area contributed by atoms with Crippen LogP contribution in [-0.4, -0.2) is 20.2 Å². The van der Waals surface area contributed by atoms with E-state index in [0.717, 1.165) is 6.54 Å². The van der Waals surface area contributed by atoms with E-state index in [1.165, 1.54) is 26.7 Å². The van der Waals surface area contributed by atoms with Crippen LogP contribution in [0.3, 0.4) is 0 Å². The SMILES string of the molecule is Cc1c2n(c3ccccc13)C[C@@H]1Oc3c(c(=O)[nH]c(=O)n3C)C[C@H]21. The molecular formula is C18H17N3O3. The number of hydrogen-bond acceptors (Lipinski definition) is 3. The van der Waals surface area contributed by atoms with Gasteiger partial charge in [-0.25, -0.2) is 4.79 Å². The van der Waals surface area contributed by atoms with Gasteiger partial charge in [0, 0.05) is 29.6 Å². The summed E-state index contributed by atoms with van der Waals surface area (Å²) in [4.78, 5) is 26.4. The summed E-state index contributed by atoms with van der Waals surface area (Å²) in [5.41, 5.74) is 3.51. The smallest absolute Gasteiger partial charge is 0.330 e. The van der Waals surface area contributed by atoms with Crippen molar-refractivity contribution in [3.63, 3.8) is 0 Å². The number of aryl methyl sites for hydroxylation is 1. The minimum Gasteiger partial charge on any atom is -0.472 e. The molecule has 0 saturated carbocycles. The topological polar surface area (TPSA) is 69.0 Å². The fourth-order valence-corrected chi connectivity index (χ4v) is 4.34. The van der Waals surface area contributed by atoms with Crippen LogP contribution in [0.15, 0.2) is 33.9 Å². The molecule has 5 rings (SSSR count). The zero-order chi connectivity index (χ0) is 16.6. The molecule has 1 aromatic carbocycles. The second-order valence-electron chi connectivity index (χ2n) is 6.71. The van der Waals surface area contributed by atoms with Crippen molar-refractivity contribution in [3.05, 3.63) is 61.9 Å². The van der Waals surface area contributed by atoms with E-state index in [1.807, 2.05) is 6.07 Å². The van der Waals surface area contributed by atoms with Gasteiger partial charge in [-0.2, -0.15) is 0 Å². The highest BCUT2D eigenvalue weighted by molar-refractivity contribution is 5.86. The summed E-state index contributed by atoms with van der Waals surface area (Å²) in [5, 5.41) is 1.26. The molecule has 2 aromatic heterocycles. The van der Waals surface area contributed by atoms with Crippen molar-refractivity contribution in [2.75, 3.05) is 0 Å². The number of para-hydroxylation sites is 1. The van der Waals surface area contributed by atoms with Crippen LogP contribution in [0.1, 0.15) is 22.7 Å². The Labute approximate surface area is 137 Å². The van der Waals surface area contributed by atoms with Crippen molar-refractivity contribution in [2.24, 2.45) is 7.05 Å². The van der Waals surface area contributed by atoms with E-state index < -0.39 is 5.69 Å². The third kappa shape index (κ3) is 1.55. The fourth-order valence-electron chi connectivity index (χ4n) is 4.34. The Kier molecular flexibility index (Phi) is 2.51. The average Bonchev–Trinajstić information content (AvgIpc) is 3.08. The number of fused-ring (bicyclic) bond motifs is 6. The van der Waals surface area contributed by atoms with Crippen LogP contribution in [0.25, 0.3) is 10.9 Å². The zero-order valence-corrected chi connectivity index (χ0v) is 13.5. The first kappa shape index (κ1) is 13.7. The first-order valence-electron chi connectivity index (χ1n) is 8.13. The van der Waals surface area contributed by atoms with Gasteiger partial charge in [0.1, 0.15) is 6.10 Å². The van der Waals surface area contributed by atoms with Gasteiger partial charge in [-0.05, 0) is 25.0 Å². The molecule has 0 radical (unpaired) electrons. The molecule has 0 bridgehead atoms. The third-order valence-electron chi connectivity index (χ3n) is 5.49. The summed E-state index contributed by atoms with van der Waals surface area (Å²) in [5.74, 6) is 0.557. The summed E-state index contributed by atoms with van der Waals surface area (Å²) >= 11 is 0. The molecule has 2 aliphatic rings. The molecule has 2 aliphatic heterocycles. The Hall–Kier alpha value is -2.76. The molecule has 0 fully saturated rings. The Morgan fingerprint density at radius 3 is 2.88 bits per heavy atom. The van der Waals surface area contributed by atoms with Crippen molar-refractivity contribution in [1.82, 2.24) is 14.1 Å². The molecule has 2 atom stereocenters. The van der Waals surface area contributed by atoms with Crippen LogP contribution < -0.4 is 16.0 Å². The quantitative estimate of drug-likeness (QED) is 0.680. The first-order valence-corrected chi connectivity index (χ1v) is 8.13. The van der Waals surface area contributed by atoms with Gasteiger partial charge in [0.25, 0.3) is 5.56 Å². The predicted molar refractivity (Wildman–Crippen MR) is 89.8 cm³/mol. The predicted octanol–water partition coefficient (Wildman–Crippen LogP) is 1.44. The van der Waals surface area contributed by atoms with E-state index in [-0.39, 0.29) is 17.6 Å². The van der Waals surface area contributed by atoms with Crippen LogP contribution in [0.4, 0.5) is 0 Å². The number of rotatable bonds is 0. The Morgan fingerprint density at radius 2 is 2.04 bits per heavy atom. The summed E-state index contributed by atoms with van der Waals surface area (Å²) in [7, 11) is 1.63. The molecular weight excluding hydrogens is 306 g/mol. The number of hydrogen-bond donors (Lipinski definition) is 1. The van der Waals surface area contributed by atoms with Crippen molar-refractivity contribution >= 4 is 10.9 Å². The van der Waals surface area contributed by atoms with E-state index in [0.29, 0.717) is 17.9 Å². The molecule has 6 heteroatoms. The zero-order valence-electron chi connectivity index (χ0n) is 13.5. The van der Waals surface area contributed by atoms with E-state index in [1.54, 1.807) is 7.05 Å². The average molecular weight is 323 g/mol. The first-order chi connectivity index (χ1) is 11.6. The Balaban J connectivity index is 1.72. The van der Waals surface area contributed by atoms with Crippen LogP contribution in [0.5, 0.6) is 5.88 Å². The summed E-state index contributed by atoms with van der Waals surface area (Å²) in [6.07, 6.45) is 0.559. The van der Waals surface area contributed by atoms with Crippen LogP contribution >= 0.6 is 0 Å². The lowest BCUT2D eigenvalue weighted by Crippen LogP contribution is -2.39. The number of benzene rings is 1. The molecule has 4 heterocycles. The second kappa shape index (κ2) is 4.41. The minimum absolute atomic E-state index is 0.0387. The molecule has 0 amide bonds. The maximum atomic E-state index is 12.2. The molecule has 6 nitrogen and oxygen atoms in total. The summed E-state index contributed by atoms with van der Waals surface area (Å²) in [6, 6.07) is 8.36. The number of aromatic nitrogens is 3. The highest BCUT2D eigenvalue weighted by atomic mass is 16.5. The van der Waals surface area contributed by atoms with E-state index in [9.17, 15) is 9.59 Å². The molecule has 0 spiro atoms. The third-order valence-corrected chi connectivity index (χ3v) is 5.49. The highest BCUT2D eigenvalue weighted by Crippen LogP contribution is 2.44. The Bertz CT molecular complexity index is 1120. The maximum Gasteiger partial charge on any atom is 0.330 e. The van der Waals surface area contributed by atoms with Crippen molar-refractivity contribution in [1.29, 1.82) is 0 Å². The lowest BCUT2D eigenvalue weighted by Gasteiger charge is -2.29. The minimum atomic E-state index is -0.434. The molecule has 0 aliphatic carbocycles. The molecule has 0 unspecified atom stereocenters. The summed E-state index contributed by atoms with van der Waals surface area (Å²) in [6.45, 7) is 2.88. The molecule has 122 valence electrons. The van der Waals surface area contributed by atoms with Crippen LogP contribution in [-0.2, 0) is 20.0 Å². The Morgan fingerprint density at radius 1 is 1.25 bits per heavy atom. The maximum absolute atomic E-state index is 12.2. The summed E-state index contributed by atoms with van der Waals surface area (Å²) < 4.78 is 9.81. The number of nitrogens with one attached hydrogen (secondary N) is 1. The molecule has 0 saturated heterocycles. The molecule has 1 N–H and O–H groups in total. The van der Waals surface area contributed by atoms with Gasteiger partial charge < -0.3 is 9.30 Å². The van der Waals surface area contributed by atoms with Gasteiger partial charge in [0.2, 0.25) is 5.88 Å². The highest BCUT2D eigenvalue weighted by Gasteiger charge is 2.42. The fraction of sp³-hybridized carbons (Fsp3) is 0.333. The van der Waals surface area contributed by atoms with Crippen LogP contribution in [0, 0.1) is 6.92 Å².